The maximum atomic E-state index is 12.1. The van der Waals surface area contributed by atoms with Crippen LogP contribution in [0.1, 0.15) is 33.2 Å². The van der Waals surface area contributed by atoms with E-state index in [-0.39, 0.29) is 51.3 Å². The van der Waals surface area contributed by atoms with E-state index in [9.17, 15) is 19.8 Å². The summed E-state index contributed by atoms with van der Waals surface area (Å²) in [7, 11) is 2.63. The van der Waals surface area contributed by atoms with Gasteiger partial charge in [0.1, 0.15) is 22.6 Å². The second-order valence-electron chi connectivity index (χ2n) is 5.51. The Kier molecular flexibility index (Phi) is 6.58. The van der Waals surface area contributed by atoms with Crippen LogP contribution < -0.4 is 14.2 Å². The van der Waals surface area contributed by atoms with Gasteiger partial charge >= 0.3 is 11.9 Å². The van der Waals surface area contributed by atoms with Crippen LogP contribution in [0.25, 0.3) is 0 Å². The van der Waals surface area contributed by atoms with Crippen LogP contribution in [0.5, 0.6) is 28.7 Å². The van der Waals surface area contributed by atoms with E-state index in [1.54, 1.807) is 6.92 Å². The lowest BCUT2D eigenvalue weighted by atomic mass is 10.1. The summed E-state index contributed by atoms with van der Waals surface area (Å²) in [5.74, 6) is -2.48. The van der Waals surface area contributed by atoms with E-state index in [2.05, 4.69) is 0 Å². The number of benzene rings is 2. The number of aromatic hydroxyl groups is 1. The zero-order valence-electron chi connectivity index (χ0n) is 15.7. The number of phenolic OH excluding ortho intramolecular Hbond substituents is 1. The van der Waals surface area contributed by atoms with E-state index in [0.29, 0.717) is 0 Å². The Morgan fingerprint density at radius 3 is 2.25 bits per heavy atom. The number of carbonyl (C=O) groups is 2. The molecular weight excluding hydrogens is 392 g/mol. The molecular formula is C19H19ClO8. The summed E-state index contributed by atoms with van der Waals surface area (Å²) in [6.45, 7) is 3.31. The fourth-order valence-electron chi connectivity index (χ4n) is 2.69. The number of methoxy groups -OCH3 is 2. The molecule has 0 bridgehead atoms. The third-order valence-corrected chi connectivity index (χ3v) is 4.15. The summed E-state index contributed by atoms with van der Waals surface area (Å²) in [5.41, 5.74) is -0.101. The minimum Gasteiger partial charge on any atom is -0.507 e. The molecule has 0 aliphatic heterocycles. The molecule has 28 heavy (non-hydrogen) atoms. The molecule has 0 amide bonds. The van der Waals surface area contributed by atoms with E-state index < -0.39 is 17.7 Å². The van der Waals surface area contributed by atoms with Crippen molar-refractivity contribution in [3.05, 3.63) is 39.9 Å². The molecule has 0 radical (unpaired) electrons. The molecule has 0 aromatic heterocycles. The number of carboxylic acids is 1. The number of ether oxygens (including phenoxy) is 4. The van der Waals surface area contributed by atoms with E-state index in [4.69, 9.17) is 30.5 Å². The van der Waals surface area contributed by atoms with Crippen LogP contribution in [0, 0.1) is 6.92 Å². The van der Waals surface area contributed by atoms with Crippen molar-refractivity contribution in [2.75, 3.05) is 20.8 Å². The lowest BCUT2D eigenvalue weighted by Gasteiger charge is -2.18. The van der Waals surface area contributed by atoms with Gasteiger partial charge in [0.05, 0.1) is 25.8 Å². The van der Waals surface area contributed by atoms with Crippen LogP contribution in [0.4, 0.5) is 0 Å². The van der Waals surface area contributed by atoms with Gasteiger partial charge in [-0.2, -0.15) is 0 Å². The highest BCUT2D eigenvalue weighted by Gasteiger charge is 2.26. The highest BCUT2D eigenvalue weighted by molar-refractivity contribution is 6.32. The average Bonchev–Trinajstić information content (AvgIpc) is 2.62. The smallest absolute Gasteiger partial charge is 0.343 e. The monoisotopic (exact) mass is 410 g/mol. The van der Waals surface area contributed by atoms with Crippen molar-refractivity contribution in [1.82, 2.24) is 0 Å². The molecule has 2 aromatic carbocycles. The standard InChI is InChI=1S/C19H19ClO8/c1-5-27-19(24)14-9(2)16(25-3)13(8-11(14)21)28-12-7-6-10(20)17(26-4)15(12)18(22)23/h6-8,21H,5H2,1-4H3,(H,22,23). The molecule has 8 nitrogen and oxygen atoms in total. The second kappa shape index (κ2) is 8.71. The van der Waals surface area contributed by atoms with Crippen molar-refractivity contribution in [2.24, 2.45) is 0 Å². The van der Waals surface area contributed by atoms with Crippen LogP contribution in [0.3, 0.4) is 0 Å². The lowest BCUT2D eigenvalue weighted by molar-refractivity contribution is 0.0521. The summed E-state index contributed by atoms with van der Waals surface area (Å²) >= 11 is 5.98. The molecule has 150 valence electrons. The quantitative estimate of drug-likeness (QED) is 0.658. The van der Waals surface area contributed by atoms with Crippen LogP contribution in [0.2, 0.25) is 5.02 Å². The maximum Gasteiger partial charge on any atom is 0.343 e. The van der Waals surface area contributed by atoms with Crippen molar-refractivity contribution in [3.63, 3.8) is 0 Å². The highest BCUT2D eigenvalue weighted by atomic mass is 35.5. The lowest BCUT2D eigenvalue weighted by Crippen LogP contribution is -2.09. The van der Waals surface area contributed by atoms with E-state index in [0.717, 1.165) is 6.07 Å². The van der Waals surface area contributed by atoms with Gasteiger partial charge in [-0.3, -0.25) is 0 Å². The second-order valence-corrected chi connectivity index (χ2v) is 5.92. The Morgan fingerprint density at radius 1 is 1.07 bits per heavy atom. The average molecular weight is 411 g/mol. The van der Waals surface area contributed by atoms with Crippen molar-refractivity contribution in [3.8, 4) is 28.7 Å². The Hall–Kier alpha value is -3.13. The number of halogens is 1. The van der Waals surface area contributed by atoms with Crippen LogP contribution in [-0.4, -0.2) is 43.0 Å². The van der Waals surface area contributed by atoms with Gasteiger partial charge in [0.25, 0.3) is 0 Å². The first-order chi connectivity index (χ1) is 13.3. The first-order valence-electron chi connectivity index (χ1n) is 8.12. The van der Waals surface area contributed by atoms with E-state index in [1.165, 1.54) is 33.3 Å². The molecule has 0 saturated carbocycles. The molecule has 9 heteroatoms. The Labute approximate surface area is 166 Å². The van der Waals surface area contributed by atoms with Crippen molar-refractivity contribution < 1.29 is 38.7 Å². The number of esters is 1. The molecule has 0 spiro atoms. The molecule has 0 aliphatic carbocycles. The van der Waals surface area contributed by atoms with Gasteiger partial charge in [-0.05, 0) is 26.0 Å². The molecule has 2 aromatic rings. The fourth-order valence-corrected chi connectivity index (χ4v) is 2.92. The Balaban J connectivity index is 2.62. The van der Waals surface area contributed by atoms with E-state index >= 15 is 0 Å². The molecule has 0 heterocycles. The number of hydrogen-bond donors (Lipinski definition) is 2. The summed E-state index contributed by atoms with van der Waals surface area (Å²) in [4.78, 5) is 23.8. The van der Waals surface area contributed by atoms with Crippen molar-refractivity contribution in [1.29, 1.82) is 0 Å². The molecule has 0 atom stereocenters. The first-order valence-corrected chi connectivity index (χ1v) is 8.49. The molecule has 0 aliphatic rings. The SMILES string of the molecule is CCOC(=O)c1c(O)cc(Oc2ccc(Cl)c(OC)c2C(=O)O)c(OC)c1C. The summed E-state index contributed by atoms with van der Waals surface area (Å²) in [6, 6.07) is 3.90. The number of hydrogen-bond acceptors (Lipinski definition) is 7. The highest BCUT2D eigenvalue weighted by Crippen LogP contribution is 2.44. The van der Waals surface area contributed by atoms with E-state index in [1.807, 2.05) is 0 Å². The van der Waals surface area contributed by atoms with Gasteiger partial charge in [-0.1, -0.05) is 11.6 Å². The molecule has 2 rings (SSSR count). The van der Waals surface area contributed by atoms with Gasteiger partial charge in [-0.25, -0.2) is 9.59 Å². The number of rotatable bonds is 7. The Morgan fingerprint density at radius 2 is 1.71 bits per heavy atom. The van der Waals surface area contributed by atoms with Gasteiger partial charge in [0.15, 0.2) is 17.2 Å². The summed E-state index contributed by atoms with van der Waals surface area (Å²) in [5, 5.41) is 19.9. The third-order valence-electron chi connectivity index (χ3n) is 3.86. The maximum absolute atomic E-state index is 12.1. The number of carboxylic acid groups (broad SMARTS) is 1. The van der Waals surface area contributed by atoms with Gasteiger partial charge in [0.2, 0.25) is 0 Å². The molecule has 2 N–H and O–H groups in total. The fraction of sp³-hybridized carbons (Fsp3) is 0.263. The van der Waals surface area contributed by atoms with Gasteiger partial charge in [-0.15, -0.1) is 0 Å². The predicted molar refractivity (Wildman–Crippen MR) is 100 cm³/mol. The van der Waals surface area contributed by atoms with Crippen LogP contribution in [-0.2, 0) is 4.74 Å². The zero-order valence-corrected chi connectivity index (χ0v) is 16.4. The topological polar surface area (TPSA) is 112 Å². The van der Waals surface area contributed by atoms with Crippen molar-refractivity contribution in [2.45, 2.75) is 13.8 Å². The normalized spacial score (nSPS) is 10.3. The molecule has 0 saturated heterocycles. The first kappa shape index (κ1) is 21.2. The van der Waals surface area contributed by atoms with Crippen LogP contribution >= 0.6 is 11.6 Å². The summed E-state index contributed by atoms with van der Waals surface area (Å²) < 4.78 is 21.0. The van der Waals surface area contributed by atoms with Gasteiger partial charge in [0, 0.05) is 11.6 Å². The Bertz CT molecular complexity index is 923. The third kappa shape index (κ3) is 3.91. The molecule has 0 unspecified atom stereocenters. The number of aromatic carboxylic acids is 1. The van der Waals surface area contributed by atoms with Crippen molar-refractivity contribution >= 4 is 23.5 Å². The van der Waals surface area contributed by atoms with Crippen LogP contribution in [0.15, 0.2) is 18.2 Å². The number of carbonyl (C=O) groups excluding carboxylic acids is 1. The van der Waals surface area contributed by atoms with Gasteiger partial charge < -0.3 is 29.2 Å². The minimum atomic E-state index is -1.32. The summed E-state index contributed by atoms with van der Waals surface area (Å²) in [6.07, 6.45) is 0. The molecule has 0 fully saturated rings. The minimum absolute atomic E-state index is 0.00239. The number of phenols is 1. The zero-order chi connectivity index (χ0) is 21.0. The predicted octanol–water partition coefficient (Wildman–Crippen LogP) is 4.04. The largest absolute Gasteiger partial charge is 0.507 e.